The first-order valence-electron chi connectivity index (χ1n) is 5.70. The number of halogens is 3. The summed E-state index contributed by atoms with van der Waals surface area (Å²) in [5.74, 6) is -0.464. The van der Waals surface area contributed by atoms with Crippen molar-refractivity contribution in [1.82, 2.24) is 5.32 Å². The molecule has 1 aliphatic rings. The molecule has 0 bridgehead atoms. The van der Waals surface area contributed by atoms with Gasteiger partial charge >= 0.3 is 0 Å². The first-order valence-corrected chi connectivity index (χ1v) is 6.50. The SMILES string of the molecule is CC(C)CN=C(NC(=N)Br)C1=C(F)C=C(F)CC1. The molecule has 0 spiro atoms. The molecule has 0 saturated heterocycles. The molecule has 0 unspecified atom stereocenters. The predicted octanol–water partition coefficient (Wildman–Crippen LogP) is 3.83. The van der Waals surface area contributed by atoms with Crippen molar-refractivity contribution in [2.75, 3.05) is 6.54 Å². The van der Waals surface area contributed by atoms with Crippen LogP contribution in [0, 0.1) is 11.3 Å². The number of amidine groups is 2. The highest BCUT2D eigenvalue weighted by Gasteiger charge is 2.18. The number of aliphatic imine (C=N–C) groups is 1. The van der Waals surface area contributed by atoms with E-state index in [9.17, 15) is 8.78 Å². The molecule has 18 heavy (non-hydrogen) atoms. The maximum atomic E-state index is 13.7. The van der Waals surface area contributed by atoms with Crippen molar-refractivity contribution in [3.05, 3.63) is 23.3 Å². The first-order chi connectivity index (χ1) is 8.40. The van der Waals surface area contributed by atoms with Crippen LogP contribution in [0.2, 0.25) is 0 Å². The summed E-state index contributed by atoms with van der Waals surface area (Å²) in [5, 5.41) is 9.98. The Morgan fingerprint density at radius 3 is 2.67 bits per heavy atom. The summed E-state index contributed by atoms with van der Waals surface area (Å²) < 4.78 is 26.6. The fourth-order valence-electron chi connectivity index (χ4n) is 1.48. The fraction of sp³-hybridized carbons (Fsp3) is 0.500. The summed E-state index contributed by atoms with van der Waals surface area (Å²) in [6.07, 6.45) is 1.29. The zero-order valence-corrected chi connectivity index (χ0v) is 11.9. The van der Waals surface area contributed by atoms with Gasteiger partial charge in [-0.05, 0) is 28.3 Å². The average molecular weight is 320 g/mol. The van der Waals surface area contributed by atoms with Gasteiger partial charge in [0.2, 0.25) is 0 Å². The van der Waals surface area contributed by atoms with E-state index in [1.165, 1.54) is 0 Å². The smallest absolute Gasteiger partial charge is 0.168 e. The molecule has 0 heterocycles. The monoisotopic (exact) mass is 319 g/mol. The molecule has 0 aliphatic heterocycles. The molecule has 0 atom stereocenters. The topological polar surface area (TPSA) is 48.2 Å². The third-order valence-corrected chi connectivity index (χ3v) is 2.51. The summed E-state index contributed by atoms with van der Waals surface area (Å²) in [6, 6.07) is 0. The molecule has 1 rings (SSSR count). The Morgan fingerprint density at radius 1 is 1.50 bits per heavy atom. The van der Waals surface area contributed by atoms with Crippen LogP contribution in [-0.4, -0.2) is 17.1 Å². The zero-order valence-electron chi connectivity index (χ0n) is 10.4. The van der Waals surface area contributed by atoms with Gasteiger partial charge in [-0.25, -0.2) is 8.78 Å². The Hall–Kier alpha value is -1.04. The van der Waals surface area contributed by atoms with Crippen molar-refractivity contribution < 1.29 is 8.78 Å². The summed E-state index contributed by atoms with van der Waals surface area (Å²) in [4.78, 5) is 4.25. The predicted molar refractivity (Wildman–Crippen MR) is 73.5 cm³/mol. The van der Waals surface area contributed by atoms with Crippen LogP contribution in [0.15, 0.2) is 28.3 Å². The van der Waals surface area contributed by atoms with Gasteiger partial charge in [-0.3, -0.25) is 10.4 Å². The van der Waals surface area contributed by atoms with E-state index in [1.54, 1.807) is 0 Å². The Kier molecular flexibility index (Phi) is 5.65. The van der Waals surface area contributed by atoms with Crippen molar-refractivity contribution in [2.24, 2.45) is 10.9 Å². The quantitative estimate of drug-likeness (QED) is 0.463. The lowest BCUT2D eigenvalue weighted by Crippen LogP contribution is -2.29. The molecule has 100 valence electrons. The summed E-state index contributed by atoms with van der Waals surface area (Å²) in [7, 11) is 0. The largest absolute Gasteiger partial charge is 0.319 e. The third-order valence-electron chi connectivity index (χ3n) is 2.31. The standard InChI is InChI=1S/C12H16BrF2N3/c1-7(2)6-17-11(18-12(13)16)9-4-3-8(14)5-10(9)15/h5,7H,3-4,6H2,1-2H3,(H2,16,17,18). The van der Waals surface area contributed by atoms with Crippen molar-refractivity contribution in [2.45, 2.75) is 26.7 Å². The van der Waals surface area contributed by atoms with Gasteiger partial charge in [-0.2, -0.15) is 0 Å². The zero-order chi connectivity index (χ0) is 13.7. The van der Waals surface area contributed by atoms with Crippen molar-refractivity contribution in [3.63, 3.8) is 0 Å². The van der Waals surface area contributed by atoms with Crippen molar-refractivity contribution in [1.29, 1.82) is 5.41 Å². The normalized spacial score (nSPS) is 17.0. The van der Waals surface area contributed by atoms with Gasteiger partial charge in [0.05, 0.1) is 0 Å². The highest BCUT2D eigenvalue weighted by molar-refractivity contribution is 9.18. The molecule has 0 saturated carbocycles. The van der Waals surface area contributed by atoms with Crippen LogP contribution in [0.5, 0.6) is 0 Å². The van der Waals surface area contributed by atoms with Gasteiger partial charge in [-0.1, -0.05) is 13.8 Å². The van der Waals surface area contributed by atoms with Gasteiger partial charge in [0.15, 0.2) is 4.74 Å². The lowest BCUT2D eigenvalue weighted by molar-refractivity contribution is 0.552. The minimum atomic E-state index is -0.623. The van der Waals surface area contributed by atoms with E-state index < -0.39 is 11.7 Å². The Morgan fingerprint density at radius 2 is 2.17 bits per heavy atom. The van der Waals surface area contributed by atoms with E-state index in [0.717, 1.165) is 6.08 Å². The summed E-state index contributed by atoms with van der Waals surface area (Å²) >= 11 is 2.94. The van der Waals surface area contributed by atoms with E-state index in [2.05, 4.69) is 26.2 Å². The Bertz CT molecular complexity index is 425. The minimum Gasteiger partial charge on any atom is -0.319 e. The second kappa shape index (κ2) is 6.78. The van der Waals surface area contributed by atoms with Gasteiger partial charge in [0.25, 0.3) is 0 Å². The van der Waals surface area contributed by atoms with Crippen LogP contribution in [0.3, 0.4) is 0 Å². The summed E-state index contributed by atoms with van der Waals surface area (Å²) in [6.45, 7) is 4.50. The lowest BCUT2D eigenvalue weighted by Gasteiger charge is -2.16. The highest BCUT2D eigenvalue weighted by atomic mass is 79.9. The number of hydrogen-bond acceptors (Lipinski definition) is 2. The van der Waals surface area contributed by atoms with Crippen LogP contribution in [0.1, 0.15) is 26.7 Å². The van der Waals surface area contributed by atoms with Crippen LogP contribution < -0.4 is 5.32 Å². The van der Waals surface area contributed by atoms with Gasteiger partial charge in [-0.15, -0.1) is 0 Å². The molecule has 0 aromatic carbocycles. The van der Waals surface area contributed by atoms with Gasteiger partial charge in [0.1, 0.15) is 17.5 Å². The van der Waals surface area contributed by atoms with E-state index in [1.807, 2.05) is 13.8 Å². The van der Waals surface area contributed by atoms with E-state index in [-0.39, 0.29) is 17.6 Å². The van der Waals surface area contributed by atoms with Crippen LogP contribution in [0.25, 0.3) is 0 Å². The maximum absolute atomic E-state index is 13.7. The molecular weight excluding hydrogens is 304 g/mol. The maximum Gasteiger partial charge on any atom is 0.168 e. The molecule has 2 N–H and O–H groups in total. The van der Waals surface area contributed by atoms with Crippen LogP contribution >= 0.6 is 15.9 Å². The number of rotatable bonds is 3. The fourth-order valence-corrected chi connectivity index (χ4v) is 1.67. The lowest BCUT2D eigenvalue weighted by atomic mass is 10.0. The molecule has 0 amide bonds. The van der Waals surface area contributed by atoms with Crippen LogP contribution in [0.4, 0.5) is 8.78 Å². The second-order valence-corrected chi connectivity index (χ2v) is 5.23. The van der Waals surface area contributed by atoms with Crippen molar-refractivity contribution >= 4 is 26.5 Å². The molecule has 0 radical (unpaired) electrons. The van der Waals surface area contributed by atoms with E-state index in [4.69, 9.17) is 5.41 Å². The molecule has 0 fully saturated rings. The van der Waals surface area contributed by atoms with Crippen LogP contribution in [-0.2, 0) is 0 Å². The number of nitrogens with zero attached hydrogens (tertiary/aromatic N) is 1. The molecule has 0 aromatic heterocycles. The molecule has 0 aromatic rings. The average Bonchev–Trinajstić information content (AvgIpc) is 2.24. The second-order valence-electron chi connectivity index (χ2n) is 4.44. The highest BCUT2D eigenvalue weighted by Crippen LogP contribution is 2.26. The van der Waals surface area contributed by atoms with Crippen molar-refractivity contribution in [3.8, 4) is 0 Å². The Balaban J connectivity index is 2.99. The molecular formula is C12H16BrF2N3. The van der Waals surface area contributed by atoms with E-state index in [0.29, 0.717) is 23.9 Å². The first kappa shape index (κ1) is 15.0. The van der Waals surface area contributed by atoms with Gasteiger partial charge < -0.3 is 5.32 Å². The molecule has 3 nitrogen and oxygen atoms in total. The molecule has 6 heteroatoms. The number of hydrogen-bond donors (Lipinski definition) is 2. The number of allylic oxidation sites excluding steroid dienone is 3. The van der Waals surface area contributed by atoms with Gasteiger partial charge in [0, 0.05) is 24.6 Å². The van der Waals surface area contributed by atoms with E-state index >= 15 is 0 Å². The Labute approximate surface area is 114 Å². The summed E-state index contributed by atoms with van der Waals surface area (Å²) in [5.41, 5.74) is 0.321. The third kappa shape index (κ3) is 4.68. The number of nitrogens with one attached hydrogen (secondary N) is 2. The minimum absolute atomic E-state index is 0.000307. The molecule has 1 aliphatic carbocycles.